The lowest BCUT2D eigenvalue weighted by Crippen LogP contribution is -2.51. The first-order valence-electron chi connectivity index (χ1n) is 7.65. The SMILES string of the molecule is CO[C@@](C)(C(=O)N[C@H](Cc1ccccc1)C(=O)O)c1ccccc1. The van der Waals surface area contributed by atoms with Gasteiger partial charge in [-0.15, -0.1) is 0 Å². The Morgan fingerprint density at radius 2 is 1.62 bits per heavy atom. The summed E-state index contributed by atoms with van der Waals surface area (Å²) in [7, 11) is 1.43. The number of rotatable bonds is 7. The molecular formula is C19H21NO4. The fourth-order valence-electron chi connectivity index (χ4n) is 2.44. The summed E-state index contributed by atoms with van der Waals surface area (Å²) in [5.74, 6) is -1.57. The van der Waals surface area contributed by atoms with Crippen molar-refractivity contribution in [2.45, 2.75) is 25.0 Å². The van der Waals surface area contributed by atoms with E-state index in [4.69, 9.17) is 4.74 Å². The summed E-state index contributed by atoms with van der Waals surface area (Å²) in [6, 6.07) is 17.1. The first-order valence-corrected chi connectivity index (χ1v) is 7.65. The highest BCUT2D eigenvalue weighted by molar-refractivity contribution is 5.90. The first-order chi connectivity index (χ1) is 11.5. The Labute approximate surface area is 141 Å². The summed E-state index contributed by atoms with van der Waals surface area (Å²) in [5.41, 5.74) is 0.240. The molecule has 0 aliphatic carbocycles. The normalized spacial score (nSPS) is 14.4. The Morgan fingerprint density at radius 1 is 1.08 bits per heavy atom. The summed E-state index contributed by atoms with van der Waals surface area (Å²) in [5, 5.41) is 12.0. The van der Waals surface area contributed by atoms with E-state index in [9.17, 15) is 14.7 Å². The number of ether oxygens (including phenoxy) is 1. The molecular weight excluding hydrogens is 306 g/mol. The zero-order chi connectivity index (χ0) is 17.6. The number of methoxy groups -OCH3 is 1. The van der Waals surface area contributed by atoms with Crippen LogP contribution < -0.4 is 5.32 Å². The van der Waals surface area contributed by atoms with Crippen LogP contribution in [0.25, 0.3) is 0 Å². The van der Waals surface area contributed by atoms with Crippen molar-refractivity contribution in [2.75, 3.05) is 7.11 Å². The minimum atomic E-state index is -1.26. The largest absolute Gasteiger partial charge is 0.480 e. The van der Waals surface area contributed by atoms with E-state index >= 15 is 0 Å². The van der Waals surface area contributed by atoms with Crippen LogP contribution in [0.5, 0.6) is 0 Å². The third-order valence-electron chi connectivity index (χ3n) is 4.05. The van der Waals surface area contributed by atoms with Crippen molar-refractivity contribution in [2.24, 2.45) is 0 Å². The number of carbonyl (C=O) groups is 2. The van der Waals surface area contributed by atoms with E-state index in [1.54, 1.807) is 31.2 Å². The number of hydrogen-bond donors (Lipinski definition) is 2. The Hall–Kier alpha value is -2.66. The monoisotopic (exact) mass is 327 g/mol. The van der Waals surface area contributed by atoms with Crippen LogP contribution in [0.15, 0.2) is 60.7 Å². The van der Waals surface area contributed by atoms with Gasteiger partial charge in [0.15, 0.2) is 5.60 Å². The lowest BCUT2D eigenvalue weighted by Gasteiger charge is -2.29. The van der Waals surface area contributed by atoms with Gasteiger partial charge in [-0.3, -0.25) is 4.79 Å². The maximum absolute atomic E-state index is 12.7. The Morgan fingerprint density at radius 3 is 2.12 bits per heavy atom. The van der Waals surface area contributed by atoms with Gasteiger partial charge in [0.25, 0.3) is 5.91 Å². The minimum absolute atomic E-state index is 0.205. The van der Waals surface area contributed by atoms with Gasteiger partial charge in [-0.2, -0.15) is 0 Å². The van der Waals surface area contributed by atoms with Crippen LogP contribution in [-0.2, 0) is 26.3 Å². The quantitative estimate of drug-likeness (QED) is 0.818. The fourth-order valence-corrected chi connectivity index (χ4v) is 2.44. The second kappa shape index (κ2) is 7.75. The van der Waals surface area contributed by atoms with E-state index in [0.717, 1.165) is 5.56 Å². The maximum atomic E-state index is 12.7. The van der Waals surface area contributed by atoms with Crippen LogP contribution in [0.3, 0.4) is 0 Å². The molecule has 5 heteroatoms. The number of amides is 1. The average molecular weight is 327 g/mol. The standard InChI is InChI=1S/C19H21NO4/c1-19(24-2,15-11-7-4-8-12-15)18(23)20-16(17(21)22)13-14-9-5-3-6-10-14/h3-12,16H,13H2,1-2H3,(H,20,23)(H,21,22)/t16-,19-/m1/s1. The number of carbonyl (C=O) groups excluding carboxylic acids is 1. The van der Waals surface area contributed by atoms with Gasteiger partial charge in [0.05, 0.1) is 0 Å². The van der Waals surface area contributed by atoms with Crippen LogP contribution in [-0.4, -0.2) is 30.1 Å². The fraction of sp³-hybridized carbons (Fsp3) is 0.263. The zero-order valence-corrected chi connectivity index (χ0v) is 13.7. The Kier molecular flexibility index (Phi) is 5.71. The van der Waals surface area contributed by atoms with Crippen LogP contribution in [0.2, 0.25) is 0 Å². The molecule has 2 aromatic rings. The molecule has 0 fully saturated rings. The first kappa shape index (κ1) is 17.7. The molecule has 0 radical (unpaired) electrons. The molecule has 0 unspecified atom stereocenters. The summed E-state index contributed by atoms with van der Waals surface area (Å²) in [6.45, 7) is 1.62. The van der Waals surface area contributed by atoms with Gasteiger partial charge in [-0.1, -0.05) is 60.7 Å². The number of carboxylic acid groups (broad SMARTS) is 1. The van der Waals surface area contributed by atoms with E-state index in [-0.39, 0.29) is 6.42 Å². The molecule has 2 rings (SSSR count). The van der Waals surface area contributed by atoms with Gasteiger partial charge >= 0.3 is 5.97 Å². The molecule has 126 valence electrons. The molecule has 0 aromatic heterocycles. The van der Waals surface area contributed by atoms with Gasteiger partial charge in [-0.05, 0) is 18.1 Å². The molecule has 5 nitrogen and oxygen atoms in total. The summed E-state index contributed by atoms with van der Waals surface area (Å²) >= 11 is 0. The van der Waals surface area contributed by atoms with Crippen LogP contribution in [0.1, 0.15) is 18.1 Å². The third kappa shape index (κ3) is 4.00. The van der Waals surface area contributed by atoms with Crippen molar-refractivity contribution in [1.82, 2.24) is 5.32 Å². The number of aliphatic carboxylic acids is 1. The molecule has 0 aliphatic heterocycles. The molecule has 0 spiro atoms. The highest BCUT2D eigenvalue weighted by atomic mass is 16.5. The lowest BCUT2D eigenvalue weighted by molar-refractivity contribution is -0.149. The molecule has 2 N–H and O–H groups in total. The van der Waals surface area contributed by atoms with Crippen molar-refractivity contribution in [3.63, 3.8) is 0 Å². The van der Waals surface area contributed by atoms with Crippen molar-refractivity contribution >= 4 is 11.9 Å². The lowest BCUT2D eigenvalue weighted by atomic mass is 9.94. The summed E-state index contributed by atoms with van der Waals surface area (Å²) in [4.78, 5) is 24.2. The Bertz CT molecular complexity index is 687. The average Bonchev–Trinajstić information content (AvgIpc) is 2.61. The second-order valence-electron chi connectivity index (χ2n) is 5.66. The molecule has 0 aliphatic rings. The van der Waals surface area contributed by atoms with Gasteiger partial charge in [0, 0.05) is 13.5 Å². The Balaban J connectivity index is 2.19. The number of carboxylic acids is 1. The van der Waals surface area contributed by atoms with Crippen LogP contribution >= 0.6 is 0 Å². The smallest absolute Gasteiger partial charge is 0.326 e. The van der Waals surface area contributed by atoms with Crippen molar-refractivity contribution in [1.29, 1.82) is 0 Å². The maximum Gasteiger partial charge on any atom is 0.326 e. The van der Waals surface area contributed by atoms with E-state index in [1.807, 2.05) is 36.4 Å². The predicted octanol–water partition coefficient (Wildman–Crippen LogP) is 2.36. The predicted molar refractivity (Wildman–Crippen MR) is 90.5 cm³/mol. The highest BCUT2D eigenvalue weighted by Gasteiger charge is 2.37. The van der Waals surface area contributed by atoms with E-state index < -0.39 is 23.5 Å². The number of nitrogens with one attached hydrogen (secondary N) is 1. The zero-order valence-electron chi connectivity index (χ0n) is 13.7. The molecule has 1 amide bonds. The third-order valence-corrected chi connectivity index (χ3v) is 4.05. The van der Waals surface area contributed by atoms with E-state index in [0.29, 0.717) is 5.56 Å². The van der Waals surface area contributed by atoms with Gasteiger partial charge in [-0.25, -0.2) is 4.79 Å². The molecule has 24 heavy (non-hydrogen) atoms. The molecule has 2 atom stereocenters. The van der Waals surface area contributed by atoms with Gasteiger partial charge in [0.2, 0.25) is 0 Å². The van der Waals surface area contributed by atoms with Crippen molar-refractivity contribution in [3.05, 3.63) is 71.8 Å². The molecule has 0 saturated carbocycles. The number of hydrogen-bond acceptors (Lipinski definition) is 3. The van der Waals surface area contributed by atoms with E-state index in [2.05, 4.69) is 5.32 Å². The summed E-state index contributed by atoms with van der Waals surface area (Å²) in [6.07, 6.45) is 0.205. The molecule has 2 aromatic carbocycles. The topological polar surface area (TPSA) is 75.6 Å². The molecule has 0 saturated heterocycles. The van der Waals surface area contributed by atoms with Crippen LogP contribution in [0.4, 0.5) is 0 Å². The highest BCUT2D eigenvalue weighted by Crippen LogP contribution is 2.25. The molecule has 0 heterocycles. The van der Waals surface area contributed by atoms with Gasteiger partial charge in [0.1, 0.15) is 6.04 Å². The van der Waals surface area contributed by atoms with Crippen molar-refractivity contribution in [3.8, 4) is 0 Å². The number of benzene rings is 2. The van der Waals surface area contributed by atoms with Gasteiger partial charge < -0.3 is 15.2 Å². The minimum Gasteiger partial charge on any atom is -0.480 e. The second-order valence-corrected chi connectivity index (χ2v) is 5.66. The van der Waals surface area contributed by atoms with E-state index in [1.165, 1.54) is 7.11 Å². The van der Waals surface area contributed by atoms with Crippen LogP contribution in [0, 0.1) is 0 Å². The molecule has 0 bridgehead atoms. The summed E-state index contributed by atoms with van der Waals surface area (Å²) < 4.78 is 5.41. The van der Waals surface area contributed by atoms with Crippen molar-refractivity contribution < 1.29 is 19.4 Å².